The molecular weight excluding hydrogens is 252 g/mol. The number of sulfonamides is 1. The van der Waals surface area contributed by atoms with E-state index in [9.17, 15) is 18.0 Å². The zero-order valence-electron chi connectivity index (χ0n) is 9.38. The minimum atomic E-state index is -3.76. The fourth-order valence-corrected chi connectivity index (χ4v) is 2.28. The third-order valence-corrected chi connectivity index (χ3v) is 3.26. The summed E-state index contributed by atoms with van der Waals surface area (Å²) in [5.74, 6) is -2.61. The van der Waals surface area contributed by atoms with Gasteiger partial charge in [-0.2, -0.15) is 0 Å². The molecule has 8 nitrogen and oxygen atoms in total. The summed E-state index contributed by atoms with van der Waals surface area (Å²) in [6, 6.07) is -1.53. The van der Waals surface area contributed by atoms with Gasteiger partial charge in [0, 0.05) is 13.7 Å². The largest absolute Gasteiger partial charge is 0.480 e. The lowest BCUT2D eigenvalue weighted by Gasteiger charge is -2.12. The molecule has 0 aromatic rings. The second kappa shape index (κ2) is 7.20. The number of nitrogens with one attached hydrogen (secondary N) is 1. The van der Waals surface area contributed by atoms with Gasteiger partial charge >= 0.3 is 5.97 Å². The van der Waals surface area contributed by atoms with Crippen molar-refractivity contribution in [1.29, 1.82) is 0 Å². The number of nitrogens with two attached hydrogens (primary N) is 1. The van der Waals surface area contributed by atoms with E-state index in [0.29, 0.717) is 0 Å². The molecule has 0 fully saturated rings. The number of amides is 1. The first-order chi connectivity index (χ1) is 7.78. The van der Waals surface area contributed by atoms with E-state index in [1.165, 1.54) is 7.11 Å². The van der Waals surface area contributed by atoms with Crippen LogP contribution in [0.2, 0.25) is 0 Å². The van der Waals surface area contributed by atoms with Crippen molar-refractivity contribution < 1.29 is 27.9 Å². The fourth-order valence-electron chi connectivity index (χ4n) is 1.05. The molecular formula is C8H16N2O6S. The van der Waals surface area contributed by atoms with Crippen LogP contribution in [-0.2, 0) is 24.3 Å². The number of methoxy groups -OCH3 is 1. The zero-order chi connectivity index (χ0) is 13.5. The first kappa shape index (κ1) is 15.8. The summed E-state index contributed by atoms with van der Waals surface area (Å²) in [6.07, 6.45) is -0.354. The van der Waals surface area contributed by atoms with E-state index in [4.69, 9.17) is 10.8 Å². The lowest BCUT2D eigenvalue weighted by atomic mass is 10.2. The molecule has 100 valence electrons. The van der Waals surface area contributed by atoms with Gasteiger partial charge in [0.25, 0.3) is 0 Å². The highest BCUT2D eigenvalue weighted by atomic mass is 32.2. The van der Waals surface area contributed by atoms with Crippen molar-refractivity contribution in [2.45, 2.75) is 18.9 Å². The Labute approximate surface area is 99.2 Å². The van der Waals surface area contributed by atoms with Crippen LogP contribution >= 0.6 is 0 Å². The van der Waals surface area contributed by atoms with Crippen LogP contribution in [0.15, 0.2) is 0 Å². The Morgan fingerprint density at radius 1 is 1.47 bits per heavy atom. The van der Waals surface area contributed by atoms with Gasteiger partial charge in [-0.15, -0.1) is 0 Å². The van der Waals surface area contributed by atoms with Crippen molar-refractivity contribution in [3.05, 3.63) is 0 Å². The number of hydrogen-bond acceptors (Lipinski definition) is 5. The number of aliphatic carboxylic acids is 1. The maximum atomic E-state index is 11.4. The molecule has 0 radical (unpaired) electrons. The molecule has 0 aromatic carbocycles. The molecule has 0 aliphatic rings. The third-order valence-electron chi connectivity index (χ3n) is 1.79. The van der Waals surface area contributed by atoms with Crippen molar-refractivity contribution in [1.82, 2.24) is 4.72 Å². The summed E-state index contributed by atoms with van der Waals surface area (Å²) in [7, 11) is -2.34. The van der Waals surface area contributed by atoms with Gasteiger partial charge in [-0.3, -0.25) is 9.59 Å². The standard InChI is InChI=1S/C8H16N2O6S/c1-16-3-2-4-17(14,15)10-6(8(12)13)5-7(9)11/h6,10H,2-5H2,1H3,(H2,9,11)(H,12,13). The first-order valence-corrected chi connectivity index (χ1v) is 6.44. The Hall–Kier alpha value is -1.19. The molecule has 9 heteroatoms. The van der Waals surface area contributed by atoms with E-state index in [-0.39, 0.29) is 18.8 Å². The number of carbonyl (C=O) groups is 2. The molecule has 0 heterocycles. The molecule has 0 saturated heterocycles. The predicted molar refractivity (Wildman–Crippen MR) is 58.7 cm³/mol. The number of ether oxygens (including phenoxy) is 1. The van der Waals surface area contributed by atoms with E-state index < -0.39 is 34.4 Å². The average Bonchev–Trinajstić information content (AvgIpc) is 2.15. The molecule has 0 rings (SSSR count). The number of carboxylic acid groups (broad SMARTS) is 1. The topological polar surface area (TPSA) is 136 Å². The smallest absolute Gasteiger partial charge is 0.322 e. The van der Waals surface area contributed by atoms with Crippen molar-refractivity contribution in [2.24, 2.45) is 5.73 Å². The highest BCUT2D eigenvalue weighted by Gasteiger charge is 2.25. The number of carboxylic acids is 1. The molecule has 17 heavy (non-hydrogen) atoms. The minimum absolute atomic E-state index is 0.231. The number of rotatable bonds is 9. The molecule has 0 aromatic heterocycles. The van der Waals surface area contributed by atoms with Crippen LogP contribution in [0.5, 0.6) is 0 Å². The normalized spacial score (nSPS) is 13.2. The van der Waals surface area contributed by atoms with Crippen LogP contribution in [0.4, 0.5) is 0 Å². The van der Waals surface area contributed by atoms with Gasteiger partial charge in [-0.05, 0) is 6.42 Å². The maximum Gasteiger partial charge on any atom is 0.322 e. The Kier molecular flexibility index (Phi) is 6.69. The molecule has 0 bridgehead atoms. The Morgan fingerprint density at radius 2 is 2.06 bits per heavy atom. The Balaban J connectivity index is 4.42. The summed E-state index contributed by atoms with van der Waals surface area (Å²) < 4.78 is 29.4. The second-order valence-electron chi connectivity index (χ2n) is 3.34. The molecule has 0 saturated carbocycles. The van der Waals surface area contributed by atoms with E-state index in [2.05, 4.69) is 4.74 Å². The summed E-state index contributed by atoms with van der Waals surface area (Å²) >= 11 is 0. The summed E-state index contributed by atoms with van der Waals surface area (Å²) in [5.41, 5.74) is 4.81. The summed E-state index contributed by atoms with van der Waals surface area (Å²) in [6.45, 7) is 0.245. The van der Waals surface area contributed by atoms with Crippen molar-refractivity contribution in [3.63, 3.8) is 0 Å². The zero-order valence-corrected chi connectivity index (χ0v) is 10.2. The minimum Gasteiger partial charge on any atom is -0.480 e. The fraction of sp³-hybridized carbons (Fsp3) is 0.750. The van der Waals surface area contributed by atoms with Crippen LogP contribution in [-0.4, -0.2) is 50.9 Å². The van der Waals surface area contributed by atoms with E-state index in [1.54, 1.807) is 0 Å². The lowest BCUT2D eigenvalue weighted by Crippen LogP contribution is -2.44. The van der Waals surface area contributed by atoms with Gasteiger partial charge in [0.15, 0.2) is 0 Å². The van der Waals surface area contributed by atoms with Crippen LogP contribution < -0.4 is 10.5 Å². The average molecular weight is 268 g/mol. The van der Waals surface area contributed by atoms with E-state index >= 15 is 0 Å². The van der Waals surface area contributed by atoms with Crippen LogP contribution in [0.25, 0.3) is 0 Å². The van der Waals surface area contributed by atoms with Gasteiger partial charge < -0.3 is 15.6 Å². The molecule has 1 amide bonds. The van der Waals surface area contributed by atoms with Crippen molar-refractivity contribution >= 4 is 21.9 Å². The molecule has 0 aliphatic heterocycles. The van der Waals surface area contributed by atoms with Gasteiger partial charge in [-0.1, -0.05) is 0 Å². The van der Waals surface area contributed by atoms with Crippen LogP contribution in [0.3, 0.4) is 0 Å². The van der Waals surface area contributed by atoms with Crippen LogP contribution in [0, 0.1) is 0 Å². The molecule has 1 atom stereocenters. The molecule has 1 unspecified atom stereocenters. The van der Waals surface area contributed by atoms with Gasteiger partial charge in [-0.25, -0.2) is 13.1 Å². The first-order valence-electron chi connectivity index (χ1n) is 4.78. The number of hydrogen-bond donors (Lipinski definition) is 3. The highest BCUT2D eigenvalue weighted by molar-refractivity contribution is 7.89. The van der Waals surface area contributed by atoms with E-state index in [0.717, 1.165) is 0 Å². The SMILES string of the molecule is COCCCS(=O)(=O)NC(CC(N)=O)C(=O)O. The van der Waals surface area contributed by atoms with E-state index in [1.807, 2.05) is 4.72 Å². The summed E-state index contributed by atoms with van der Waals surface area (Å²) in [4.78, 5) is 21.2. The highest BCUT2D eigenvalue weighted by Crippen LogP contribution is 1.98. The maximum absolute atomic E-state index is 11.4. The molecule has 0 spiro atoms. The van der Waals surface area contributed by atoms with Crippen molar-refractivity contribution in [2.75, 3.05) is 19.5 Å². The quantitative estimate of drug-likeness (QED) is 0.425. The van der Waals surface area contributed by atoms with Crippen LogP contribution in [0.1, 0.15) is 12.8 Å². The lowest BCUT2D eigenvalue weighted by molar-refractivity contribution is -0.140. The Bertz CT molecular complexity index is 366. The molecule has 4 N–H and O–H groups in total. The van der Waals surface area contributed by atoms with Gasteiger partial charge in [0.05, 0.1) is 12.2 Å². The third kappa shape index (κ3) is 7.66. The van der Waals surface area contributed by atoms with Gasteiger partial charge in [0.2, 0.25) is 15.9 Å². The monoisotopic (exact) mass is 268 g/mol. The predicted octanol–water partition coefficient (Wildman–Crippen LogP) is -1.73. The number of carbonyl (C=O) groups excluding carboxylic acids is 1. The second-order valence-corrected chi connectivity index (χ2v) is 5.22. The summed E-state index contributed by atoms with van der Waals surface area (Å²) in [5, 5.41) is 8.70. The van der Waals surface area contributed by atoms with Gasteiger partial charge in [0.1, 0.15) is 6.04 Å². The van der Waals surface area contributed by atoms with Crippen molar-refractivity contribution in [3.8, 4) is 0 Å². The number of primary amides is 1. The Morgan fingerprint density at radius 3 is 2.47 bits per heavy atom. The molecule has 0 aliphatic carbocycles.